The molecule has 0 aliphatic carbocycles. The Morgan fingerprint density at radius 3 is 2.59 bits per heavy atom. The minimum absolute atomic E-state index is 0.303. The highest BCUT2D eigenvalue weighted by Gasteiger charge is 2.01. The molecule has 2 rings (SSSR count). The lowest BCUT2D eigenvalue weighted by Gasteiger charge is -2.05. The van der Waals surface area contributed by atoms with E-state index in [-0.39, 0.29) is 0 Å². The van der Waals surface area contributed by atoms with Gasteiger partial charge in [0.05, 0.1) is 12.8 Å². The van der Waals surface area contributed by atoms with Gasteiger partial charge in [-0.3, -0.25) is 10.4 Å². The lowest BCUT2D eigenvalue weighted by molar-refractivity contribution is 0.415. The number of amidine groups is 2. The van der Waals surface area contributed by atoms with E-state index in [1.165, 1.54) is 11.8 Å². The van der Waals surface area contributed by atoms with Crippen LogP contribution in [0.2, 0.25) is 0 Å². The number of methoxy groups -OCH3 is 1. The molecule has 114 valence electrons. The van der Waals surface area contributed by atoms with Gasteiger partial charge in [0, 0.05) is 6.20 Å². The van der Waals surface area contributed by atoms with Crippen LogP contribution in [0.5, 0.6) is 5.75 Å². The third kappa shape index (κ3) is 4.49. The van der Waals surface area contributed by atoms with Crippen LogP contribution in [0.15, 0.2) is 58.8 Å². The fourth-order valence-electron chi connectivity index (χ4n) is 1.57. The van der Waals surface area contributed by atoms with Crippen molar-refractivity contribution in [2.75, 3.05) is 13.4 Å². The van der Waals surface area contributed by atoms with E-state index in [2.05, 4.69) is 20.5 Å². The number of nitrogens with one attached hydrogen (secondary N) is 1. The molecule has 7 heteroatoms. The molecule has 3 N–H and O–H groups in total. The second kappa shape index (κ2) is 8.04. The third-order valence-electron chi connectivity index (χ3n) is 2.70. The molecule has 1 aromatic carbocycles. The van der Waals surface area contributed by atoms with Gasteiger partial charge in [0.1, 0.15) is 11.4 Å². The van der Waals surface area contributed by atoms with Crippen LogP contribution in [-0.2, 0) is 0 Å². The number of thioether (sulfide) groups is 1. The number of pyridine rings is 1. The molecular weight excluding hydrogens is 298 g/mol. The monoisotopic (exact) mass is 315 g/mol. The zero-order valence-corrected chi connectivity index (χ0v) is 13.2. The predicted octanol–water partition coefficient (Wildman–Crippen LogP) is 2.35. The number of aromatic nitrogens is 1. The number of hydrogen-bond donors (Lipinski definition) is 2. The van der Waals surface area contributed by atoms with Gasteiger partial charge in [0.15, 0.2) is 11.0 Å². The van der Waals surface area contributed by atoms with Crippen molar-refractivity contribution >= 4 is 28.5 Å². The quantitative estimate of drug-likeness (QED) is 0.514. The van der Waals surface area contributed by atoms with E-state index in [0.29, 0.717) is 16.7 Å². The second-order valence-corrected chi connectivity index (χ2v) is 4.94. The molecular formula is C15H17N5OS. The summed E-state index contributed by atoms with van der Waals surface area (Å²) in [6.45, 7) is 0. The molecule has 0 radical (unpaired) electrons. The van der Waals surface area contributed by atoms with Gasteiger partial charge in [0.25, 0.3) is 0 Å². The molecule has 0 aliphatic heterocycles. The highest BCUT2D eigenvalue weighted by atomic mass is 32.2. The zero-order valence-electron chi connectivity index (χ0n) is 12.4. The van der Waals surface area contributed by atoms with Crippen molar-refractivity contribution in [3.05, 3.63) is 54.4 Å². The average Bonchev–Trinajstić information content (AvgIpc) is 2.59. The van der Waals surface area contributed by atoms with E-state index in [0.717, 1.165) is 11.4 Å². The summed E-state index contributed by atoms with van der Waals surface area (Å²) in [6.07, 6.45) is 3.57. The molecule has 0 saturated heterocycles. The van der Waals surface area contributed by atoms with Crippen LogP contribution >= 0.6 is 11.8 Å². The molecule has 1 aromatic heterocycles. The zero-order chi connectivity index (χ0) is 15.8. The maximum atomic E-state index is 5.87. The summed E-state index contributed by atoms with van der Waals surface area (Å²) in [7, 11) is 1.63. The summed E-state index contributed by atoms with van der Waals surface area (Å²) >= 11 is 1.44. The van der Waals surface area contributed by atoms with Crippen molar-refractivity contribution in [1.29, 1.82) is 0 Å². The fourth-order valence-corrected chi connectivity index (χ4v) is 1.90. The van der Waals surface area contributed by atoms with Crippen molar-refractivity contribution in [1.82, 2.24) is 10.4 Å². The van der Waals surface area contributed by atoms with E-state index in [1.54, 1.807) is 19.4 Å². The minimum Gasteiger partial charge on any atom is -0.497 e. The number of nitrogens with zero attached hydrogens (tertiary/aromatic N) is 3. The van der Waals surface area contributed by atoms with Crippen LogP contribution in [0.25, 0.3) is 0 Å². The first-order chi connectivity index (χ1) is 10.7. The van der Waals surface area contributed by atoms with Crippen molar-refractivity contribution in [2.24, 2.45) is 15.8 Å². The van der Waals surface area contributed by atoms with Crippen LogP contribution in [0.4, 0.5) is 5.69 Å². The summed E-state index contributed by atoms with van der Waals surface area (Å²) in [4.78, 5) is 8.58. The van der Waals surface area contributed by atoms with E-state index >= 15 is 0 Å². The maximum absolute atomic E-state index is 5.87. The Morgan fingerprint density at radius 1 is 1.23 bits per heavy atom. The molecule has 2 aromatic rings. The molecule has 6 nitrogen and oxygen atoms in total. The largest absolute Gasteiger partial charge is 0.497 e. The Labute approximate surface area is 133 Å². The van der Waals surface area contributed by atoms with Crippen molar-refractivity contribution in [2.45, 2.75) is 0 Å². The second-order valence-electron chi connectivity index (χ2n) is 4.14. The smallest absolute Gasteiger partial charge is 0.182 e. The van der Waals surface area contributed by atoms with Crippen LogP contribution in [-0.4, -0.2) is 29.4 Å². The Kier molecular flexibility index (Phi) is 5.79. The van der Waals surface area contributed by atoms with Gasteiger partial charge < -0.3 is 10.5 Å². The molecule has 22 heavy (non-hydrogen) atoms. The van der Waals surface area contributed by atoms with Crippen LogP contribution < -0.4 is 15.9 Å². The lowest BCUT2D eigenvalue weighted by Crippen LogP contribution is -2.22. The summed E-state index contributed by atoms with van der Waals surface area (Å²) in [6, 6.07) is 12.9. The molecule has 0 saturated carbocycles. The van der Waals surface area contributed by atoms with Crippen molar-refractivity contribution in [3.63, 3.8) is 0 Å². The fraction of sp³-hybridized carbons (Fsp3) is 0.133. The summed E-state index contributed by atoms with van der Waals surface area (Å²) in [5, 5.41) is 4.73. The molecule has 0 bridgehead atoms. The molecule has 0 spiro atoms. The van der Waals surface area contributed by atoms with E-state index < -0.39 is 0 Å². The molecule has 0 aliphatic rings. The molecule has 0 unspecified atom stereocenters. The number of aliphatic imine (C=N–C) groups is 1. The highest BCUT2D eigenvalue weighted by molar-refractivity contribution is 8.13. The van der Waals surface area contributed by atoms with Gasteiger partial charge in [-0.1, -0.05) is 17.8 Å². The van der Waals surface area contributed by atoms with E-state index in [4.69, 9.17) is 10.5 Å². The Morgan fingerprint density at radius 2 is 2.00 bits per heavy atom. The van der Waals surface area contributed by atoms with Crippen molar-refractivity contribution < 1.29 is 4.74 Å². The Balaban J connectivity index is 2.09. The highest BCUT2D eigenvalue weighted by Crippen LogP contribution is 2.18. The van der Waals surface area contributed by atoms with Crippen molar-refractivity contribution in [3.8, 4) is 5.75 Å². The molecule has 0 amide bonds. The minimum atomic E-state index is 0.303. The molecule has 0 atom stereocenters. The number of benzene rings is 1. The first-order valence-electron chi connectivity index (χ1n) is 6.50. The number of hydrazone groups is 1. The average molecular weight is 315 g/mol. The lowest BCUT2D eigenvalue weighted by atomic mass is 10.3. The number of rotatable bonds is 4. The first kappa shape index (κ1) is 15.8. The number of hydrogen-bond acceptors (Lipinski definition) is 5. The van der Waals surface area contributed by atoms with E-state index in [1.807, 2.05) is 42.7 Å². The predicted molar refractivity (Wildman–Crippen MR) is 91.7 cm³/mol. The van der Waals surface area contributed by atoms with Gasteiger partial charge in [-0.25, -0.2) is 4.99 Å². The van der Waals surface area contributed by atoms with Gasteiger partial charge in [-0.15, -0.1) is 0 Å². The summed E-state index contributed by atoms with van der Waals surface area (Å²) in [5.41, 5.74) is 10.1. The third-order valence-corrected chi connectivity index (χ3v) is 3.27. The van der Waals surface area contributed by atoms with Gasteiger partial charge in [-0.2, -0.15) is 5.10 Å². The van der Waals surface area contributed by atoms with Gasteiger partial charge in [0.2, 0.25) is 0 Å². The van der Waals surface area contributed by atoms with Crippen LogP contribution in [0.3, 0.4) is 0 Å². The SMILES string of the molecule is COc1ccc(N=C(N/N=C(\N)c2ccccn2)SC)cc1. The van der Waals surface area contributed by atoms with E-state index in [9.17, 15) is 0 Å². The normalized spacial score (nSPS) is 12.1. The Bertz CT molecular complexity index is 655. The number of nitrogens with two attached hydrogens (primary N) is 1. The standard InChI is InChI=1S/C15H17N5OS/c1-21-12-8-6-11(7-9-12)18-15(22-2)20-19-14(16)13-5-3-4-10-17-13/h3-10H,1-2H3,(H2,16,19)(H,18,20). The maximum Gasteiger partial charge on any atom is 0.182 e. The molecule has 0 fully saturated rings. The number of ether oxygens (including phenoxy) is 1. The first-order valence-corrected chi connectivity index (χ1v) is 7.72. The summed E-state index contributed by atoms with van der Waals surface area (Å²) < 4.78 is 5.11. The van der Waals surface area contributed by atoms with Gasteiger partial charge >= 0.3 is 0 Å². The summed E-state index contributed by atoms with van der Waals surface area (Å²) in [5.74, 6) is 1.09. The van der Waals surface area contributed by atoms with Crippen LogP contribution in [0.1, 0.15) is 5.69 Å². The van der Waals surface area contributed by atoms with Gasteiger partial charge in [-0.05, 0) is 42.7 Å². The topological polar surface area (TPSA) is 84.9 Å². The van der Waals surface area contributed by atoms with Crippen LogP contribution in [0, 0.1) is 0 Å². The molecule has 1 heterocycles. The Hall–Kier alpha value is -2.54.